The lowest BCUT2D eigenvalue weighted by molar-refractivity contribution is 0.0729. The van der Waals surface area contributed by atoms with Gasteiger partial charge in [0, 0.05) is 26.2 Å². The van der Waals surface area contributed by atoms with E-state index in [0.717, 1.165) is 37.1 Å². The summed E-state index contributed by atoms with van der Waals surface area (Å²) >= 11 is 0. The third-order valence-corrected chi connectivity index (χ3v) is 6.99. The molecule has 2 N–H and O–H groups in total. The normalized spacial score (nSPS) is 20.4. The highest BCUT2D eigenvalue weighted by Gasteiger charge is 2.25. The van der Waals surface area contributed by atoms with E-state index in [-0.39, 0.29) is 5.75 Å². The zero-order valence-electron chi connectivity index (χ0n) is 15.8. The van der Waals surface area contributed by atoms with Crippen LogP contribution in [0.3, 0.4) is 0 Å². The predicted molar refractivity (Wildman–Crippen MR) is 107 cm³/mol. The van der Waals surface area contributed by atoms with Crippen molar-refractivity contribution in [2.24, 2.45) is 10.7 Å². The Labute approximate surface area is 162 Å². The minimum absolute atomic E-state index is 0.0116. The maximum atomic E-state index is 12.7. The molecule has 0 spiro atoms. The summed E-state index contributed by atoms with van der Waals surface area (Å²) in [5.41, 5.74) is 7.89. The molecule has 27 heavy (non-hydrogen) atoms. The topological polar surface area (TPSA) is 88.2 Å². The average Bonchev–Trinajstić information content (AvgIpc) is 2.97. The minimum atomic E-state index is -3.36. The minimum Gasteiger partial charge on any atom is -0.379 e. The van der Waals surface area contributed by atoms with Gasteiger partial charge in [-0.2, -0.15) is 4.31 Å². The van der Waals surface area contributed by atoms with Crippen molar-refractivity contribution in [1.82, 2.24) is 9.21 Å². The number of likely N-dealkylation sites (tertiary alicyclic amines) is 1. The van der Waals surface area contributed by atoms with Gasteiger partial charge in [0.05, 0.1) is 25.5 Å². The number of ether oxygens (including phenoxy) is 1. The van der Waals surface area contributed by atoms with Crippen LogP contribution in [0.25, 0.3) is 0 Å². The van der Waals surface area contributed by atoms with Crippen LogP contribution in [0.2, 0.25) is 0 Å². The molecule has 1 aromatic carbocycles. The molecule has 150 valence electrons. The first-order valence-electron chi connectivity index (χ1n) is 9.73. The highest BCUT2D eigenvalue weighted by molar-refractivity contribution is 7.88. The molecule has 0 radical (unpaired) electrons. The van der Waals surface area contributed by atoms with Crippen molar-refractivity contribution in [1.29, 1.82) is 0 Å². The lowest BCUT2D eigenvalue weighted by atomic mass is 10.1. The number of sulfonamides is 1. The van der Waals surface area contributed by atoms with Gasteiger partial charge in [-0.1, -0.05) is 37.1 Å². The molecule has 7 nitrogen and oxygen atoms in total. The van der Waals surface area contributed by atoms with Crippen LogP contribution in [0.5, 0.6) is 0 Å². The van der Waals surface area contributed by atoms with E-state index in [4.69, 9.17) is 10.5 Å². The van der Waals surface area contributed by atoms with Gasteiger partial charge >= 0.3 is 0 Å². The van der Waals surface area contributed by atoms with Gasteiger partial charge in [0.2, 0.25) is 10.0 Å². The van der Waals surface area contributed by atoms with Crippen LogP contribution in [0.4, 0.5) is 0 Å². The summed E-state index contributed by atoms with van der Waals surface area (Å²) in [5.74, 6) is 0.546. The Morgan fingerprint density at radius 1 is 1.00 bits per heavy atom. The molecule has 0 unspecified atom stereocenters. The van der Waals surface area contributed by atoms with E-state index in [1.165, 1.54) is 17.1 Å². The van der Waals surface area contributed by atoms with Crippen LogP contribution in [0.1, 0.15) is 36.8 Å². The van der Waals surface area contributed by atoms with Crippen molar-refractivity contribution < 1.29 is 13.2 Å². The van der Waals surface area contributed by atoms with Gasteiger partial charge in [-0.25, -0.2) is 13.4 Å². The Bertz CT molecular complexity index is 737. The third-order valence-electron chi connectivity index (χ3n) is 5.16. The second kappa shape index (κ2) is 9.52. The Hall–Kier alpha value is -1.64. The lowest BCUT2D eigenvalue weighted by Crippen LogP contribution is -2.41. The van der Waals surface area contributed by atoms with Crippen LogP contribution >= 0.6 is 0 Å². The fraction of sp³-hybridized carbons (Fsp3) is 0.632. The van der Waals surface area contributed by atoms with Crippen molar-refractivity contribution in [2.75, 3.05) is 39.4 Å². The quantitative estimate of drug-likeness (QED) is 0.605. The van der Waals surface area contributed by atoms with E-state index < -0.39 is 10.0 Å². The van der Waals surface area contributed by atoms with E-state index in [2.05, 4.69) is 9.89 Å². The maximum Gasteiger partial charge on any atom is 0.218 e. The van der Waals surface area contributed by atoms with Gasteiger partial charge in [0.15, 0.2) is 5.96 Å². The molecule has 0 atom stereocenters. The van der Waals surface area contributed by atoms with Gasteiger partial charge in [-0.3, -0.25) is 0 Å². The van der Waals surface area contributed by atoms with Gasteiger partial charge in [0.25, 0.3) is 0 Å². The molecule has 0 saturated carbocycles. The SMILES string of the molecule is NC(=NCc1ccccc1CS(=O)(=O)N1CCOCC1)N1CCCCCC1. The number of hydrogen-bond acceptors (Lipinski definition) is 4. The Kier molecular flexibility index (Phi) is 7.09. The fourth-order valence-electron chi connectivity index (χ4n) is 3.53. The molecular weight excluding hydrogens is 364 g/mol. The fourth-order valence-corrected chi connectivity index (χ4v) is 5.09. The Morgan fingerprint density at radius 2 is 1.63 bits per heavy atom. The highest BCUT2D eigenvalue weighted by Crippen LogP contribution is 2.18. The maximum absolute atomic E-state index is 12.7. The molecule has 8 heteroatoms. The first-order chi connectivity index (χ1) is 13.1. The molecule has 2 saturated heterocycles. The molecule has 0 amide bonds. The number of nitrogens with zero attached hydrogens (tertiary/aromatic N) is 3. The van der Waals surface area contributed by atoms with Crippen molar-refractivity contribution in [3.05, 3.63) is 35.4 Å². The van der Waals surface area contributed by atoms with Crippen molar-refractivity contribution in [3.8, 4) is 0 Å². The summed E-state index contributed by atoms with van der Waals surface area (Å²) in [6.45, 7) is 4.05. The summed E-state index contributed by atoms with van der Waals surface area (Å²) in [4.78, 5) is 6.69. The van der Waals surface area contributed by atoms with Crippen molar-refractivity contribution >= 4 is 16.0 Å². The van der Waals surface area contributed by atoms with E-state index >= 15 is 0 Å². The monoisotopic (exact) mass is 394 g/mol. The molecule has 2 heterocycles. The van der Waals surface area contributed by atoms with E-state index in [0.29, 0.717) is 38.8 Å². The molecular formula is C19H30N4O3S. The summed E-state index contributed by atoms with van der Waals surface area (Å²) in [6, 6.07) is 7.59. The number of guanidine groups is 1. The van der Waals surface area contributed by atoms with E-state index in [1.54, 1.807) is 0 Å². The summed E-state index contributed by atoms with van der Waals surface area (Å²) in [6.07, 6.45) is 4.77. The highest BCUT2D eigenvalue weighted by atomic mass is 32.2. The molecule has 0 bridgehead atoms. The van der Waals surface area contributed by atoms with Crippen LogP contribution in [0, 0.1) is 0 Å². The zero-order chi connectivity index (χ0) is 19.1. The molecule has 2 aliphatic rings. The van der Waals surface area contributed by atoms with Gasteiger partial charge < -0.3 is 15.4 Å². The molecule has 1 aromatic rings. The van der Waals surface area contributed by atoms with E-state index in [9.17, 15) is 8.42 Å². The first kappa shape index (κ1) is 20.1. The number of benzene rings is 1. The first-order valence-corrected chi connectivity index (χ1v) is 11.3. The second-order valence-electron chi connectivity index (χ2n) is 7.11. The molecule has 0 aromatic heterocycles. The van der Waals surface area contributed by atoms with Crippen molar-refractivity contribution in [2.45, 2.75) is 38.0 Å². The van der Waals surface area contributed by atoms with Crippen molar-refractivity contribution in [3.63, 3.8) is 0 Å². The molecule has 2 aliphatic heterocycles. The van der Waals surface area contributed by atoms with E-state index in [1.807, 2.05) is 24.3 Å². The number of hydrogen-bond donors (Lipinski definition) is 1. The lowest BCUT2D eigenvalue weighted by Gasteiger charge is -2.26. The summed E-state index contributed by atoms with van der Waals surface area (Å²) < 4.78 is 32.2. The molecule has 0 aliphatic carbocycles. The second-order valence-corrected chi connectivity index (χ2v) is 9.08. The van der Waals surface area contributed by atoms with Gasteiger partial charge in [-0.15, -0.1) is 0 Å². The number of morpholine rings is 1. The smallest absolute Gasteiger partial charge is 0.218 e. The average molecular weight is 395 g/mol. The number of nitrogens with two attached hydrogens (primary N) is 1. The largest absolute Gasteiger partial charge is 0.379 e. The number of rotatable bonds is 5. The Balaban J connectivity index is 1.69. The van der Waals surface area contributed by atoms with Crippen LogP contribution in [-0.2, 0) is 27.1 Å². The standard InChI is InChI=1S/C19H30N4O3S/c20-19(22-9-5-1-2-6-10-22)21-15-17-7-3-4-8-18(17)16-27(24,25)23-11-13-26-14-12-23/h3-4,7-8H,1-2,5-6,9-16H2,(H2,20,21). The molecule has 3 rings (SSSR count). The third kappa shape index (κ3) is 5.67. The number of aliphatic imine (C=N–C) groups is 1. The van der Waals surface area contributed by atoms with Crippen LogP contribution in [0.15, 0.2) is 29.3 Å². The van der Waals surface area contributed by atoms with Crippen LogP contribution < -0.4 is 5.73 Å². The predicted octanol–water partition coefficient (Wildman–Crippen LogP) is 1.54. The Morgan fingerprint density at radius 3 is 2.30 bits per heavy atom. The summed E-state index contributed by atoms with van der Waals surface area (Å²) in [7, 11) is -3.36. The van der Waals surface area contributed by atoms with Gasteiger partial charge in [-0.05, 0) is 24.0 Å². The van der Waals surface area contributed by atoms with Crippen LogP contribution in [-0.4, -0.2) is 63.0 Å². The zero-order valence-corrected chi connectivity index (χ0v) is 16.7. The summed E-state index contributed by atoms with van der Waals surface area (Å²) in [5, 5.41) is 0. The van der Waals surface area contributed by atoms with Gasteiger partial charge in [0.1, 0.15) is 0 Å². The molecule has 2 fully saturated rings.